The van der Waals surface area contributed by atoms with E-state index in [-0.39, 0.29) is 5.82 Å². The molecule has 0 heterocycles. The molecule has 21 heavy (non-hydrogen) atoms. The highest BCUT2D eigenvalue weighted by Gasteiger charge is 2.20. The van der Waals surface area contributed by atoms with Crippen LogP contribution >= 0.6 is 0 Å². The molecule has 0 amide bonds. The van der Waals surface area contributed by atoms with Gasteiger partial charge in [0.05, 0.1) is 18.8 Å². The Morgan fingerprint density at radius 1 is 1.14 bits per heavy atom. The third kappa shape index (κ3) is 4.72. The van der Waals surface area contributed by atoms with Crippen LogP contribution in [0.2, 0.25) is 0 Å². The minimum atomic E-state index is -0.410. The molecule has 1 N–H and O–H groups in total. The van der Waals surface area contributed by atoms with Crippen molar-refractivity contribution in [2.24, 2.45) is 0 Å². The summed E-state index contributed by atoms with van der Waals surface area (Å²) in [5.41, 5.74) is 1.56. The Kier molecular flexibility index (Phi) is 5.12. The first-order valence-electron chi connectivity index (χ1n) is 6.90. The Labute approximate surface area is 125 Å². The molecule has 0 aliphatic carbocycles. The molecule has 1 atom stereocenters. The maximum Gasteiger partial charge on any atom is 0.123 e. The van der Waals surface area contributed by atoms with Gasteiger partial charge in [0.15, 0.2) is 0 Å². The van der Waals surface area contributed by atoms with Gasteiger partial charge in [0, 0.05) is 5.69 Å². The Bertz CT molecular complexity index is 568. The van der Waals surface area contributed by atoms with E-state index in [0.29, 0.717) is 13.2 Å². The van der Waals surface area contributed by atoms with E-state index in [0.717, 1.165) is 11.3 Å². The van der Waals surface area contributed by atoms with Gasteiger partial charge in [0.1, 0.15) is 5.82 Å². The van der Waals surface area contributed by atoms with Crippen LogP contribution in [0.5, 0.6) is 0 Å². The summed E-state index contributed by atoms with van der Waals surface area (Å²) >= 11 is 0. The Morgan fingerprint density at radius 3 is 2.43 bits per heavy atom. The first-order chi connectivity index (χ1) is 10.1. The van der Waals surface area contributed by atoms with Gasteiger partial charge >= 0.3 is 0 Å². The highest BCUT2D eigenvalue weighted by molar-refractivity contribution is 5.46. The van der Waals surface area contributed by atoms with E-state index in [2.05, 4.69) is 11.9 Å². The molecule has 0 spiro atoms. The average Bonchev–Trinajstić information content (AvgIpc) is 2.51. The van der Waals surface area contributed by atoms with Crippen LogP contribution in [0, 0.1) is 5.82 Å². The molecule has 3 heteroatoms. The molecule has 0 radical (unpaired) electrons. The van der Waals surface area contributed by atoms with Crippen LogP contribution < -0.4 is 5.32 Å². The number of halogens is 1. The van der Waals surface area contributed by atoms with Crippen LogP contribution in [0.4, 0.5) is 10.1 Å². The summed E-state index contributed by atoms with van der Waals surface area (Å²) in [6, 6.07) is 16.3. The lowest BCUT2D eigenvalue weighted by Gasteiger charge is -2.28. The Balaban J connectivity index is 1.91. The zero-order chi connectivity index (χ0) is 15.1. The highest BCUT2D eigenvalue weighted by atomic mass is 19.1. The van der Waals surface area contributed by atoms with Crippen molar-refractivity contribution in [1.82, 2.24) is 0 Å². The van der Waals surface area contributed by atoms with Gasteiger partial charge < -0.3 is 10.1 Å². The molecule has 0 unspecified atom stereocenters. The van der Waals surface area contributed by atoms with Crippen LogP contribution in [-0.4, -0.2) is 12.1 Å². The number of hydrogen-bond donors (Lipinski definition) is 1. The lowest BCUT2D eigenvalue weighted by molar-refractivity contribution is 0.0988. The molecule has 0 bridgehead atoms. The van der Waals surface area contributed by atoms with Gasteiger partial charge in [-0.05, 0) is 36.8 Å². The minimum Gasteiger partial charge on any atom is -0.374 e. The predicted molar refractivity (Wildman–Crippen MR) is 84.7 cm³/mol. The minimum absolute atomic E-state index is 0.249. The molecule has 0 aromatic heterocycles. The fraction of sp³-hybridized carbons (Fsp3) is 0.222. The van der Waals surface area contributed by atoms with Crippen LogP contribution in [0.15, 0.2) is 67.3 Å². The number of hydrogen-bond acceptors (Lipinski definition) is 2. The maximum absolute atomic E-state index is 12.9. The summed E-state index contributed by atoms with van der Waals surface area (Å²) in [4.78, 5) is 0. The zero-order valence-electron chi connectivity index (χ0n) is 12.2. The molecule has 2 rings (SSSR count). The third-order valence-electron chi connectivity index (χ3n) is 3.24. The molecule has 2 aromatic carbocycles. The molecule has 0 aliphatic rings. The summed E-state index contributed by atoms with van der Waals surface area (Å²) in [7, 11) is 0. The van der Waals surface area contributed by atoms with Gasteiger partial charge in [-0.2, -0.15) is 0 Å². The van der Waals surface area contributed by atoms with Crippen LogP contribution in [0.25, 0.3) is 0 Å². The number of nitrogens with one attached hydrogen (secondary N) is 1. The molecule has 0 saturated carbocycles. The van der Waals surface area contributed by atoms with Crippen LogP contribution in [-0.2, 0) is 11.3 Å². The second-order valence-corrected chi connectivity index (χ2v) is 5.23. The SMILES string of the molecule is C=C[C@@](C)(COCc1ccccc1)Nc1ccc(F)cc1. The van der Waals surface area contributed by atoms with Crippen molar-refractivity contribution in [1.29, 1.82) is 0 Å². The summed E-state index contributed by atoms with van der Waals surface area (Å²) in [6.45, 7) is 6.88. The number of ether oxygens (including phenoxy) is 1. The summed E-state index contributed by atoms with van der Waals surface area (Å²) in [5, 5.41) is 3.31. The predicted octanol–water partition coefficient (Wildman–Crippen LogP) is 4.40. The zero-order valence-corrected chi connectivity index (χ0v) is 12.2. The number of anilines is 1. The average molecular weight is 285 g/mol. The van der Waals surface area contributed by atoms with E-state index in [9.17, 15) is 4.39 Å². The van der Waals surface area contributed by atoms with Crippen molar-refractivity contribution < 1.29 is 9.13 Å². The second kappa shape index (κ2) is 7.04. The maximum atomic E-state index is 12.9. The smallest absolute Gasteiger partial charge is 0.123 e. The standard InChI is InChI=1S/C18H20FNO/c1-3-18(2,20-17-11-9-16(19)10-12-17)14-21-13-15-7-5-4-6-8-15/h3-12,20H,1,13-14H2,2H3/t18-/m0/s1. The topological polar surface area (TPSA) is 21.3 Å². The number of rotatable bonds is 7. The Morgan fingerprint density at radius 2 is 1.81 bits per heavy atom. The van der Waals surface area contributed by atoms with E-state index in [1.807, 2.05) is 37.3 Å². The lowest BCUT2D eigenvalue weighted by Crippen LogP contribution is -2.37. The summed E-state index contributed by atoms with van der Waals surface area (Å²) in [6.07, 6.45) is 1.81. The lowest BCUT2D eigenvalue weighted by atomic mass is 10.0. The van der Waals surface area contributed by atoms with Gasteiger partial charge in [-0.3, -0.25) is 0 Å². The molecule has 0 aliphatic heterocycles. The fourth-order valence-corrected chi connectivity index (χ4v) is 1.96. The van der Waals surface area contributed by atoms with Gasteiger partial charge in [-0.15, -0.1) is 6.58 Å². The van der Waals surface area contributed by atoms with Gasteiger partial charge in [-0.25, -0.2) is 4.39 Å². The second-order valence-electron chi connectivity index (χ2n) is 5.23. The van der Waals surface area contributed by atoms with Crippen molar-refractivity contribution >= 4 is 5.69 Å². The molecular formula is C18H20FNO. The monoisotopic (exact) mass is 285 g/mol. The van der Waals surface area contributed by atoms with E-state index in [4.69, 9.17) is 4.74 Å². The van der Waals surface area contributed by atoms with Crippen molar-refractivity contribution in [2.75, 3.05) is 11.9 Å². The van der Waals surface area contributed by atoms with E-state index in [1.165, 1.54) is 12.1 Å². The highest BCUT2D eigenvalue weighted by Crippen LogP contribution is 2.18. The molecular weight excluding hydrogens is 265 g/mol. The van der Waals surface area contributed by atoms with E-state index in [1.54, 1.807) is 18.2 Å². The Hall–Kier alpha value is -2.13. The van der Waals surface area contributed by atoms with Gasteiger partial charge in [0.2, 0.25) is 0 Å². The normalized spacial score (nSPS) is 13.4. The van der Waals surface area contributed by atoms with Crippen molar-refractivity contribution in [3.05, 3.63) is 78.6 Å². The van der Waals surface area contributed by atoms with Gasteiger partial charge in [0.25, 0.3) is 0 Å². The van der Waals surface area contributed by atoms with Crippen molar-refractivity contribution in [3.63, 3.8) is 0 Å². The van der Waals surface area contributed by atoms with E-state index < -0.39 is 5.54 Å². The van der Waals surface area contributed by atoms with Gasteiger partial charge in [-0.1, -0.05) is 36.4 Å². The third-order valence-corrected chi connectivity index (χ3v) is 3.24. The summed E-state index contributed by atoms with van der Waals surface area (Å²) in [5.74, 6) is -0.249. The molecule has 110 valence electrons. The number of benzene rings is 2. The first kappa shape index (κ1) is 15.3. The quantitative estimate of drug-likeness (QED) is 0.761. The van der Waals surface area contributed by atoms with Crippen LogP contribution in [0.3, 0.4) is 0 Å². The largest absolute Gasteiger partial charge is 0.374 e. The van der Waals surface area contributed by atoms with Crippen molar-refractivity contribution in [2.45, 2.75) is 19.1 Å². The molecule has 2 aromatic rings. The van der Waals surface area contributed by atoms with E-state index >= 15 is 0 Å². The molecule has 0 fully saturated rings. The van der Waals surface area contributed by atoms with Crippen LogP contribution in [0.1, 0.15) is 12.5 Å². The first-order valence-corrected chi connectivity index (χ1v) is 6.90. The summed E-state index contributed by atoms with van der Waals surface area (Å²) < 4.78 is 18.7. The molecule has 2 nitrogen and oxygen atoms in total. The van der Waals surface area contributed by atoms with Crippen molar-refractivity contribution in [3.8, 4) is 0 Å². The fourth-order valence-electron chi connectivity index (χ4n) is 1.96. The molecule has 0 saturated heterocycles.